The van der Waals surface area contributed by atoms with Crippen LogP contribution in [0.5, 0.6) is 0 Å². The van der Waals surface area contributed by atoms with Gasteiger partial charge in [0.1, 0.15) is 5.56 Å². The third kappa shape index (κ3) is 2.20. The van der Waals surface area contributed by atoms with Crippen molar-refractivity contribution in [2.24, 2.45) is 5.73 Å². The van der Waals surface area contributed by atoms with Crippen molar-refractivity contribution in [2.45, 2.75) is 6.11 Å². The fourth-order valence-corrected chi connectivity index (χ4v) is 0.944. The first kappa shape index (κ1) is 12.2. The molecule has 1 rings (SSSR count). The van der Waals surface area contributed by atoms with Crippen LogP contribution in [0.1, 0.15) is 5.56 Å². The molecular formula is C8H5F5N2O. The molecule has 0 bridgehead atoms. The molecule has 0 aliphatic rings. The zero-order valence-electron chi connectivity index (χ0n) is 7.53. The minimum atomic E-state index is -4.34. The molecule has 1 aromatic rings. The Morgan fingerprint density at radius 1 is 1.19 bits per heavy atom. The molecule has 0 unspecified atom stereocenters. The molecule has 16 heavy (non-hydrogen) atoms. The third-order valence-electron chi connectivity index (χ3n) is 1.59. The molecule has 0 spiro atoms. The van der Waals surface area contributed by atoms with Crippen molar-refractivity contribution in [1.29, 1.82) is 5.41 Å². The molecule has 3 N–H and O–H groups in total. The van der Waals surface area contributed by atoms with Crippen molar-refractivity contribution in [3.05, 3.63) is 35.1 Å². The van der Waals surface area contributed by atoms with Crippen molar-refractivity contribution in [1.82, 2.24) is 0 Å². The summed E-state index contributed by atoms with van der Waals surface area (Å²) in [6.07, 6.45) is -4.34. The summed E-state index contributed by atoms with van der Waals surface area (Å²) >= 11 is 0. The lowest BCUT2D eigenvalue weighted by Crippen LogP contribution is -2.28. The van der Waals surface area contributed by atoms with Gasteiger partial charge in [-0.15, -0.1) is 0 Å². The van der Waals surface area contributed by atoms with Crippen LogP contribution in [0.15, 0.2) is 12.1 Å². The number of alkyl halides is 2. The van der Waals surface area contributed by atoms with E-state index in [2.05, 4.69) is 10.5 Å². The SMILES string of the molecule is N=C(N)OC(F)(F)c1ccc(F)c(F)c1F. The highest BCUT2D eigenvalue weighted by Gasteiger charge is 2.39. The van der Waals surface area contributed by atoms with Crippen molar-refractivity contribution in [2.75, 3.05) is 0 Å². The van der Waals surface area contributed by atoms with Gasteiger partial charge >= 0.3 is 6.11 Å². The van der Waals surface area contributed by atoms with E-state index in [1.165, 1.54) is 0 Å². The molecule has 0 aliphatic carbocycles. The Hall–Kier alpha value is -1.86. The molecule has 1 aromatic carbocycles. The standard InChI is InChI=1S/C8H5F5N2O/c9-4-2-1-3(5(10)6(4)11)8(12,13)16-7(14)15/h1-2H,(H3,14,15). The monoisotopic (exact) mass is 240 g/mol. The number of hydrogen-bond acceptors (Lipinski definition) is 2. The van der Waals surface area contributed by atoms with Crippen LogP contribution < -0.4 is 5.73 Å². The lowest BCUT2D eigenvalue weighted by molar-refractivity contribution is -0.199. The Bertz CT molecular complexity index is 435. The van der Waals surface area contributed by atoms with E-state index in [1.54, 1.807) is 0 Å². The maximum Gasteiger partial charge on any atom is 0.431 e. The average molecular weight is 240 g/mol. The first-order valence-corrected chi connectivity index (χ1v) is 3.80. The van der Waals surface area contributed by atoms with Gasteiger partial charge < -0.3 is 10.5 Å². The van der Waals surface area contributed by atoms with Crippen LogP contribution in [0.2, 0.25) is 0 Å². The van der Waals surface area contributed by atoms with E-state index in [0.717, 1.165) is 0 Å². The second-order valence-corrected chi connectivity index (χ2v) is 2.71. The highest BCUT2D eigenvalue weighted by molar-refractivity contribution is 5.67. The summed E-state index contributed by atoms with van der Waals surface area (Å²) < 4.78 is 67.5. The summed E-state index contributed by atoms with van der Waals surface area (Å²) in [6.45, 7) is 0. The van der Waals surface area contributed by atoms with Gasteiger partial charge in [-0.3, -0.25) is 5.41 Å². The smallest absolute Gasteiger partial charge is 0.397 e. The number of rotatable bonds is 2. The largest absolute Gasteiger partial charge is 0.431 e. The van der Waals surface area contributed by atoms with Gasteiger partial charge in [0.05, 0.1) is 0 Å². The normalized spacial score (nSPS) is 11.3. The van der Waals surface area contributed by atoms with Gasteiger partial charge in [0, 0.05) is 0 Å². The molecule has 88 valence electrons. The molecule has 0 amide bonds. The number of ether oxygens (including phenoxy) is 1. The van der Waals surface area contributed by atoms with Crippen molar-refractivity contribution in [3.63, 3.8) is 0 Å². The fraction of sp³-hybridized carbons (Fsp3) is 0.125. The predicted octanol–water partition coefficient (Wildman–Crippen LogP) is 2.06. The van der Waals surface area contributed by atoms with Gasteiger partial charge in [0.2, 0.25) is 0 Å². The highest BCUT2D eigenvalue weighted by atomic mass is 19.3. The van der Waals surface area contributed by atoms with Gasteiger partial charge in [0.15, 0.2) is 17.5 Å². The highest BCUT2D eigenvalue weighted by Crippen LogP contribution is 2.32. The van der Waals surface area contributed by atoms with Crippen LogP contribution in [-0.4, -0.2) is 6.02 Å². The molecular weight excluding hydrogens is 235 g/mol. The van der Waals surface area contributed by atoms with Gasteiger partial charge in [-0.2, -0.15) is 8.78 Å². The van der Waals surface area contributed by atoms with Crippen molar-refractivity contribution < 1.29 is 26.7 Å². The quantitative estimate of drug-likeness (QED) is 0.360. The van der Waals surface area contributed by atoms with E-state index in [-0.39, 0.29) is 0 Å². The van der Waals surface area contributed by atoms with Gasteiger partial charge in [-0.1, -0.05) is 0 Å². The summed E-state index contributed by atoms with van der Waals surface area (Å²) in [5.41, 5.74) is 2.98. The fourth-order valence-electron chi connectivity index (χ4n) is 0.944. The van der Waals surface area contributed by atoms with E-state index in [4.69, 9.17) is 5.41 Å². The Morgan fingerprint density at radius 3 is 2.25 bits per heavy atom. The van der Waals surface area contributed by atoms with Crippen LogP contribution in [0.3, 0.4) is 0 Å². The third-order valence-corrected chi connectivity index (χ3v) is 1.59. The van der Waals surface area contributed by atoms with E-state index in [9.17, 15) is 22.0 Å². The molecule has 0 aromatic heterocycles. The average Bonchev–Trinajstić information content (AvgIpc) is 2.11. The molecule has 0 fully saturated rings. The first-order valence-electron chi connectivity index (χ1n) is 3.80. The zero-order valence-corrected chi connectivity index (χ0v) is 7.53. The van der Waals surface area contributed by atoms with Crippen LogP contribution in [0.4, 0.5) is 22.0 Å². The zero-order chi connectivity index (χ0) is 12.5. The second-order valence-electron chi connectivity index (χ2n) is 2.71. The summed E-state index contributed by atoms with van der Waals surface area (Å²) in [5.74, 6) is -5.75. The summed E-state index contributed by atoms with van der Waals surface area (Å²) in [4.78, 5) is 0. The summed E-state index contributed by atoms with van der Waals surface area (Å²) in [7, 11) is 0. The van der Waals surface area contributed by atoms with Crippen LogP contribution >= 0.6 is 0 Å². The molecule has 0 aliphatic heterocycles. The van der Waals surface area contributed by atoms with Crippen LogP contribution in [-0.2, 0) is 10.8 Å². The van der Waals surface area contributed by atoms with Gasteiger partial charge in [0.25, 0.3) is 6.02 Å². The Balaban J connectivity index is 3.23. The summed E-state index contributed by atoms with van der Waals surface area (Å²) in [6, 6.07) is -0.767. The van der Waals surface area contributed by atoms with Crippen molar-refractivity contribution >= 4 is 6.02 Å². The Kier molecular flexibility index (Phi) is 3.02. The van der Waals surface area contributed by atoms with E-state index < -0.39 is 35.1 Å². The Morgan fingerprint density at radius 2 is 1.75 bits per heavy atom. The number of benzene rings is 1. The predicted molar refractivity (Wildman–Crippen MR) is 43.2 cm³/mol. The van der Waals surface area contributed by atoms with Gasteiger partial charge in [-0.25, -0.2) is 13.2 Å². The molecule has 0 heterocycles. The molecule has 3 nitrogen and oxygen atoms in total. The van der Waals surface area contributed by atoms with Gasteiger partial charge in [-0.05, 0) is 12.1 Å². The first-order chi connectivity index (χ1) is 7.25. The lowest BCUT2D eigenvalue weighted by Gasteiger charge is -2.17. The number of amidine groups is 1. The second kappa shape index (κ2) is 3.95. The molecule has 0 saturated carbocycles. The van der Waals surface area contributed by atoms with E-state index in [0.29, 0.717) is 12.1 Å². The van der Waals surface area contributed by atoms with E-state index in [1.807, 2.05) is 0 Å². The number of halogens is 5. The molecule has 0 radical (unpaired) electrons. The molecule has 0 atom stereocenters. The topological polar surface area (TPSA) is 59.1 Å². The number of nitrogens with one attached hydrogen (secondary N) is 1. The van der Waals surface area contributed by atoms with Crippen LogP contribution in [0.25, 0.3) is 0 Å². The Labute approximate surface area is 86.1 Å². The number of nitrogens with two attached hydrogens (primary N) is 1. The maximum absolute atomic E-state index is 13.0. The lowest BCUT2D eigenvalue weighted by atomic mass is 10.2. The van der Waals surface area contributed by atoms with Crippen LogP contribution in [0, 0.1) is 22.9 Å². The minimum Gasteiger partial charge on any atom is -0.397 e. The molecule has 0 saturated heterocycles. The minimum absolute atomic E-state index is 0.302. The summed E-state index contributed by atoms with van der Waals surface area (Å²) in [5, 5.41) is 6.45. The molecule has 8 heteroatoms. The maximum atomic E-state index is 13.0. The van der Waals surface area contributed by atoms with E-state index >= 15 is 0 Å². The number of hydrogen-bond donors (Lipinski definition) is 2. The van der Waals surface area contributed by atoms with Crippen molar-refractivity contribution in [3.8, 4) is 0 Å².